The van der Waals surface area contributed by atoms with Crippen LogP contribution in [-0.2, 0) is 32.6 Å². The number of nitrogens with zero attached hydrogens (tertiary/aromatic N) is 4. The number of nitrogens with two attached hydrogens (primary N) is 1. The number of methoxy groups -OCH3 is 1. The molecule has 2 N–H and O–H groups in total. The molecule has 12 nitrogen and oxygen atoms in total. The number of halogens is 1. The molecule has 2 aromatic heterocycles. The van der Waals surface area contributed by atoms with Crippen LogP contribution in [-0.4, -0.2) is 71.9 Å². The summed E-state index contributed by atoms with van der Waals surface area (Å²) in [5.41, 5.74) is 7.07. The van der Waals surface area contributed by atoms with E-state index in [9.17, 15) is 4.79 Å². The number of imidazole rings is 1. The van der Waals surface area contributed by atoms with Gasteiger partial charge in [-0.1, -0.05) is 0 Å². The minimum absolute atomic E-state index is 0.216. The van der Waals surface area contributed by atoms with Crippen LogP contribution in [0, 0.1) is 0 Å². The monoisotopic (exact) mass is 555 g/mol. The minimum atomic E-state index is -3.13. The van der Waals surface area contributed by atoms with E-state index >= 15 is 0 Å². The topological polar surface area (TPSA) is 142 Å². The number of ether oxygens (including phenoxy) is 3. The fourth-order valence-corrected chi connectivity index (χ4v) is 6.84. The van der Waals surface area contributed by atoms with Crippen LogP contribution in [0.25, 0.3) is 11.2 Å². The zero-order valence-electron chi connectivity index (χ0n) is 19.6. The summed E-state index contributed by atoms with van der Waals surface area (Å²) in [7, 11) is 0.180. The van der Waals surface area contributed by atoms with E-state index in [1.165, 1.54) is 25.0 Å². The van der Waals surface area contributed by atoms with Gasteiger partial charge in [0.1, 0.15) is 0 Å². The van der Waals surface area contributed by atoms with Crippen LogP contribution in [0.2, 0.25) is 5.02 Å². The van der Waals surface area contributed by atoms with Gasteiger partial charge >= 0.3 is 217 Å². The Hall–Kier alpha value is -2.03. The molecule has 0 aliphatic carbocycles. The molecule has 1 aromatic carbocycles. The maximum absolute atomic E-state index is 11.1. The summed E-state index contributed by atoms with van der Waals surface area (Å²) in [6.07, 6.45) is -0.785. The quantitative estimate of drug-likeness (QED) is 0.197. The standard InChI is InChI=1S/C20H24BClN5O7PS/c1-10(28)30-9-32-35(21)31-7-13-15(34-35)16(29-2)19(33-13)27-18-14(17(23)24-8-25-18)26-20(27)36-12-5-3-11(22)4-6-12/h3-6,8,13,15-16,19,35H,7,9,21H2,1-2H3,(H2,23,24,25)/t13-,15-,16?,19-/m1/s1. The molecule has 5 rings (SSSR count). The molecule has 0 radical (unpaired) electrons. The van der Waals surface area contributed by atoms with Gasteiger partial charge in [-0.3, -0.25) is 0 Å². The van der Waals surface area contributed by atoms with Crippen LogP contribution in [0.3, 0.4) is 0 Å². The molecular weight excluding hydrogens is 532 g/mol. The number of anilines is 1. The van der Waals surface area contributed by atoms with Crippen molar-refractivity contribution >= 4 is 61.7 Å². The zero-order valence-corrected chi connectivity index (χ0v) is 22.2. The second-order valence-electron chi connectivity index (χ2n) is 8.17. The van der Waals surface area contributed by atoms with E-state index in [0.717, 1.165) is 4.90 Å². The molecule has 192 valence electrons. The molecule has 3 aromatic rings. The van der Waals surface area contributed by atoms with Gasteiger partial charge in [-0.05, 0) is 0 Å². The third-order valence-corrected chi connectivity index (χ3v) is 9.02. The van der Waals surface area contributed by atoms with Gasteiger partial charge in [-0.2, -0.15) is 0 Å². The SMILES string of the molecule is B[PH]1(OCOC(C)=O)OC[C@H]2O[C@@H](n3c(Sc4ccc(Cl)cc4)nc4c(N)ncnc43)C(OC)[C@@H]2O1. The molecule has 0 spiro atoms. The second kappa shape index (κ2) is 10.4. The van der Waals surface area contributed by atoms with E-state index in [4.69, 9.17) is 50.1 Å². The molecule has 16 heteroatoms. The van der Waals surface area contributed by atoms with Gasteiger partial charge in [-0.25, -0.2) is 0 Å². The van der Waals surface area contributed by atoms with E-state index in [2.05, 4.69) is 9.97 Å². The van der Waals surface area contributed by atoms with Gasteiger partial charge in [0.25, 0.3) is 0 Å². The number of benzene rings is 1. The first-order valence-corrected chi connectivity index (χ1v) is 14.4. The van der Waals surface area contributed by atoms with Crippen molar-refractivity contribution in [1.29, 1.82) is 0 Å². The number of fused-ring (bicyclic) bond motifs is 2. The molecule has 2 aliphatic heterocycles. The third kappa shape index (κ3) is 5.05. The summed E-state index contributed by atoms with van der Waals surface area (Å²) in [6, 6.07) is 7.39. The number of esters is 1. The first-order valence-electron chi connectivity index (χ1n) is 11.0. The number of hydrogen-bond acceptors (Lipinski definition) is 12. The Labute approximate surface area is 217 Å². The molecule has 2 aliphatic rings. The number of aromatic nitrogens is 4. The van der Waals surface area contributed by atoms with Crippen LogP contribution >= 0.6 is 31.2 Å². The Morgan fingerprint density at radius 1 is 1.36 bits per heavy atom. The van der Waals surface area contributed by atoms with Crippen molar-refractivity contribution in [3.05, 3.63) is 35.6 Å². The normalized spacial score (nSPS) is 26.0. The van der Waals surface area contributed by atoms with Crippen molar-refractivity contribution in [2.24, 2.45) is 0 Å². The van der Waals surface area contributed by atoms with E-state index < -0.39 is 38.3 Å². The number of carbonyl (C=O) groups is 1. The Balaban J connectivity index is 1.47. The van der Waals surface area contributed by atoms with Crippen LogP contribution in [0.1, 0.15) is 13.2 Å². The Kier molecular flexibility index (Phi) is 7.39. The Morgan fingerprint density at radius 2 is 2.14 bits per heavy atom. The van der Waals surface area contributed by atoms with Crippen molar-refractivity contribution in [3.63, 3.8) is 0 Å². The van der Waals surface area contributed by atoms with Crippen molar-refractivity contribution in [2.75, 3.05) is 26.2 Å². The molecular formula is C20H24BClN5O7PS. The number of nitrogen functional groups attached to an aromatic ring is 1. The fourth-order valence-electron chi connectivity index (χ4n) is 4.07. The van der Waals surface area contributed by atoms with Crippen molar-refractivity contribution in [2.45, 2.75) is 41.5 Å². The van der Waals surface area contributed by atoms with Crippen molar-refractivity contribution in [3.8, 4) is 0 Å². The van der Waals surface area contributed by atoms with Gasteiger partial charge < -0.3 is 0 Å². The van der Waals surface area contributed by atoms with Crippen molar-refractivity contribution in [1.82, 2.24) is 19.5 Å². The first-order chi connectivity index (χ1) is 17.3. The van der Waals surface area contributed by atoms with Crippen LogP contribution < -0.4 is 5.73 Å². The van der Waals surface area contributed by atoms with E-state index in [1.54, 1.807) is 26.8 Å². The first kappa shape index (κ1) is 25.6. The average molecular weight is 556 g/mol. The summed E-state index contributed by atoms with van der Waals surface area (Å²) in [5, 5.41) is 1.21. The maximum atomic E-state index is 11.1. The van der Waals surface area contributed by atoms with Crippen LogP contribution in [0.5, 0.6) is 0 Å². The van der Waals surface area contributed by atoms with E-state index in [0.29, 0.717) is 21.3 Å². The molecule has 2 fully saturated rings. The fraction of sp³-hybridized carbons (Fsp3) is 0.400. The second-order valence-corrected chi connectivity index (χ2v) is 12.2. The molecule has 0 amide bonds. The Morgan fingerprint density at radius 3 is 2.86 bits per heavy atom. The van der Waals surface area contributed by atoms with E-state index in [-0.39, 0.29) is 19.2 Å². The van der Waals surface area contributed by atoms with Gasteiger partial charge in [0.15, 0.2) is 0 Å². The predicted octanol–water partition coefficient (Wildman–Crippen LogP) is 2.12. The predicted molar refractivity (Wildman–Crippen MR) is 135 cm³/mol. The molecule has 36 heavy (non-hydrogen) atoms. The summed E-state index contributed by atoms with van der Waals surface area (Å²) < 4.78 is 36.8. The van der Waals surface area contributed by atoms with Gasteiger partial charge in [-0.15, -0.1) is 0 Å². The number of hydrogen-bond donors (Lipinski definition) is 1. The average Bonchev–Trinajstić information content (AvgIpc) is 3.37. The number of carbonyl (C=O) groups excluding carboxylic acids is 1. The van der Waals surface area contributed by atoms with Crippen LogP contribution in [0.4, 0.5) is 5.82 Å². The molecule has 2 saturated heterocycles. The Bertz CT molecular complexity index is 1270. The van der Waals surface area contributed by atoms with E-state index in [1.807, 2.05) is 16.7 Å². The summed E-state index contributed by atoms with van der Waals surface area (Å²) in [4.78, 5) is 25.3. The molecule has 0 bridgehead atoms. The summed E-state index contributed by atoms with van der Waals surface area (Å²) in [6.45, 7) is 1.25. The number of rotatable bonds is 7. The summed E-state index contributed by atoms with van der Waals surface area (Å²) >= 11 is 7.46. The van der Waals surface area contributed by atoms with Crippen molar-refractivity contribution < 1.29 is 32.6 Å². The molecule has 1 unspecified atom stereocenters. The van der Waals surface area contributed by atoms with Gasteiger partial charge in [0.2, 0.25) is 0 Å². The third-order valence-electron chi connectivity index (χ3n) is 5.75. The van der Waals surface area contributed by atoms with Crippen LogP contribution in [0.15, 0.2) is 40.6 Å². The summed E-state index contributed by atoms with van der Waals surface area (Å²) in [5.74, 6) is -0.209. The molecule has 0 saturated carbocycles. The van der Waals surface area contributed by atoms with Gasteiger partial charge in [0.05, 0.1) is 0 Å². The van der Waals surface area contributed by atoms with Gasteiger partial charge in [0, 0.05) is 0 Å². The molecule has 4 heterocycles. The molecule has 4 atom stereocenters. The zero-order chi connectivity index (χ0) is 25.4.